The number of hydrogen-bond acceptors (Lipinski definition) is 0. The first-order chi connectivity index (χ1) is 28.3. The van der Waals surface area contributed by atoms with Gasteiger partial charge in [-0.2, -0.15) is 0 Å². The highest BCUT2D eigenvalue weighted by atomic mass is 31.2. The van der Waals surface area contributed by atoms with Gasteiger partial charge in [-0.15, -0.1) is 0 Å². The quantitative estimate of drug-likeness (QED) is 0.0919. The van der Waals surface area contributed by atoms with Crippen molar-refractivity contribution in [1.82, 2.24) is 9.13 Å². The van der Waals surface area contributed by atoms with Gasteiger partial charge in [0.25, 0.3) is 0 Å². The highest BCUT2D eigenvalue weighted by Gasteiger charge is 2.48. The Balaban J connectivity index is 1.26. The molecule has 0 spiro atoms. The van der Waals surface area contributed by atoms with E-state index in [9.17, 15) is 0 Å². The summed E-state index contributed by atoms with van der Waals surface area (Å²) in [4.78, 5) is 0. The number of nitrogens with zero attached hydrogens (tertiary/aromatic N) is 2. The molecule has 0 aliphatic rings. The van der Waals surface area contributed by atoms with Crippen molar-refractivity contribution < 1.29 is 0 Å². The van der Waals surface area contributed by atoms with Crippen LogP contribution in [0.4, 0.5) is 0 Å². The van der Waals surface area contributed by atoms with Gasteiger partial charge in [0.15, 0.2) is 0 Å². The first-order valence-corrected chi connectivity index (χ1v) is 22.3. The Labute approximate surface area is 336 Å². The number of aryl methyl sites for hydroxylation is 1. The van der Waals surface area contributed by atoms with E-state index in [2.05, 4.69) is 216 Å². The van der Waals surface area contributed by atoms with E-state index in [0.717, 1.165) is 6.42 Å². The number of aromatic nitrogens is 2. The molecule has 0 amide bonds. The molecule has 0 N–H and O–H groups in total. The molecule has 2 nitrogen and oxygen atoms in total. The second-order valence-electron chi connectivity index (χ2n) is 15.3. The molecular weight excluding hydrogens is 708 g/mol. The predicted octanol–water partition coefficient (Wildman–Crippen LogP) is 12.6. The Bertz CT molecular complexity index is 2940. The van der Waals surface area contributed by atoms with Gasteiger partial charge in [-0.05, 0) is 115 Å². The van der Waals surface area contributed by atoms with Crippen molar-refractivity contribution in [3.05, 3.63) is 206 Å². The molecule has 0 bridgehead atoms. The van der Waals surface area contributed by atoms with Crippen LogP contribution in [0.5, 0.6) is 0 Å². The lowest BCUT2D eigenvalue weighted by atomic mass is 10.0. The molecule has 0 aliphatic heterocycles. The minimum absolute atomic E-state index is 1.11. The number of unbranched alkanes of at least 4 members (excludes halogenated alkanes) is 3. The normalized spacial score (nSPS) is 11.9. The van der Waals surface area contributed by atoms with Crippen LogP contribution in [-0.2, 0) is 6.42 Å². The highest BCUT2D eigenvalue weighted by Crippen LogP contribution is 2.55. The highest BCUT2D eigenvalue weighted by molar-refractivity contribution is 8.01. The Hall–Kier alpha value is -6.21. The van der Waals surface area contributed by atoms with E-state index in [-0.39, 0.29) is 0 Å². The Kier molecular flexibility index (Phi) is 9.29. The minimum atomic E-state index is -2.45. The lowest BCUT2D eigenvalue weighted by molar-refractivity contribution is 0.667. The number of para-hydroxylation sites is 3. The van der Waals surface area contributed by atoms with Gasteiger partial charge >= 0.3 is 0 Å². The van der Waals surface area contributed by atoms with Gasteiger partial charge in [-0.25, -0.2) is 0 Å². The molecule has 10 aromatic rings. The molecule has 276 valence electrons. The Morgan fingerprint density at radius 2 is 0.825 bits per heavy atom. The van der Waals surface area contributed by atoms with E-state index < -0.39 is 7.26 Å². The predicted molar refractivity (Wildman–Crippen MR) is 248 cm³/mol. The van der Waals surface area contributed by atoms with Crippen LogP contribution in [-0.4, -0.2) is 9.13 Å². The molecule has 10 rings (SSSR count). The van der Waals surface area contributed by atoms with Gasteiger partial charge in [-0.1, -0.05) is 129 Å². The molecule has 0 fully saturated rings. The van der Waals surface area contributed by atoms with Crippen molar-refractivity contribution in [2.45, 2.75) is 39.0 Å². The van der Waals surface area contributed by atoms with Crippen LogP contribution >= 0.6 is 7.26 Å². The Morgan fingerprint density at radius 3 is 1.39 bits per heavy atom. The molecule has 0 aliphatic carbocycles. The van der Waals surface area contributed by atoms with Gasteiger partial charge in [0.2, 0.25) is 0 Å². The molecule has 0 saturated heterocycles. The monoisotopic (exact) mass is 753 g/mol. The fraction of sp³-hybridized carbons (Fsp3) is 0.111. The minimum Gasteiger partial charge on any atom is -0.309 e. The largest absolute Gasteiger partial charge is 0.309 e. The molecule has 57 heavy (non-hydrogen) atoms. The maximum Gasteiger partial charge on any atom is 0.144 e. The summed E-state index contributed by atoms with van der Waals surface area (Å²) in [5, 5.41) is 10.5. The third kappa shape index (κ3) is 5.99. The summed E-state index contributed by atoms with van der Waals surface area (Å²) in [5.41, 5.74) is 8.74. The average Bonchev–Trinajstić information content (AvgIpc) is 3.79. The standard InChI is InChI=1S/C54H46N2P/c1-2-3-4-9-20-40-31-34-48-50-39-46(33-36-53(50)56(54(48)37-40)42-23-12-6-13-24-42)57(43-25-14-7-15-26-43,44-27-16-8-17-28-44)45-32-35-52-49(38-45)47-29-18-19-30-51(47)55(52)41-21-10-5-11-22-41/h5-8,10-19,21-39H,2-4,9,20H2,1H3/q+1. The maximum absolute atomic E-state index is 2.54. The van der Waals surface area contributed by atoms with Crippen molar-refractivity contribution in [3.63, 3.8) is 0 Å². The first-order valence-electron chi connectivity index (χ1n) is 20.5. The molecule has 2 heterocycles. The van der Waals surface area contributed by atoms with E-state index in [1.807, 2.05) is 0 Å². The smallest absolute Gasteiger partial charge is 0.144 e. The number of benzene rings is 8. The topological polar surface area (TPSA) is 9.86 Å². The molecule has 2 aromatic heterocycles. The molecule has 0 atom stereocenters. The van der Waals surface area contributed by atoms with Crippen molar-refractivity contribution in [2.24, 2.45) is 0 Å². The summed E-state index contributed by atoms with van der Waals surface area (Å²) >= 11 is 0. The summed E-state index contributed by atoms with van der Waals surface area (Å²) in [6.07, 6.45) is 6.17. The molecule has 0 radical (unpaired) electrons. The van der Waals surface area contributed by atoms with Crippen LogP contribution < -0.4 is 21.2 Å². The summed E-state index contributed by atoms with van der Waals surface area (Å²) in [7, 11) is -2.45. The zero-order valence-electron chi connectivity index (χ0n) is 32.4. The summed E-state index contributed by atoms with van der Waals surface area (Å²) in [6, 6.07) is 75.1. The SMILES string of the molecule is CCCCCCc1ccc2c3cc([P+](c4ccccc4)(c4ccccc4)c4ccc5c(c4)c4ccccc4n5-c4ccccc4)ccc3n(-c3ccccc3)c2c1. The third-order valence-electron chi connectivity index (χ3n) is 11.9. The van der Waals surface area contributed by atoms with Crippen LogP contribution in [0.3, 0.4) is 0 Å². The third-order valence-corrected chi connectivity index (χ3v) is 16.1. The van der Waals surface area contributed by atoms with E-state index in [1.54, 1.807) is 0 Å². The fourth-order valence-electron chi connectivity index (χ4n) is 9.25. The van der Waals surface area contributed by atoms with Crippen molar-refractivity contribution in [1.29, 1.82) is 0 Å². The first kappa shape index (κ1) is 35.2. The fourth-order valence-corrected chi connectivity index (χ4v) is 13.5. The second-order valence-corrected chi connectivity index (χ2v) is 18.7. The van der Waals surface area contributed by atoms with Crippen LogP contribution in [0.15, 0.2) is 200 Å². The second kappa shape index (κ2) is 15.0. The van der Waals surface area contributed by atoms with Gasteiger partial charge in [-0.3, -0.25) is 0 Å². The molecule has 3 heteroatoms. The number of fused-ring (bicyclic) bond motifs is 6. The van der Waals surface area contributed by atoms with Crippen LogP contribution in [0, 0.1) is 0 Å². The molecule has 8 aromatic carbocycles. The van der Waals surface area contributed by atoms with Crippen molar-refractivity contribution >= 4 is 72.1 Å². The van der Waals surface area contributed by atoms with Crippen LogP contribution in [0.25, 0.3) is 55.0 Å². The summed E-state index contributed by atoms with van der Waals surface area (Å²) < 4.78 is 4.90. The lowest BCUT2D eigenvalue weighted by Crippen LogP contribution is -2.38. The average molecular weight is 754 g/mol. The number of hydrogen-bond donors (Lipinski definition) is 0. The van der Waals surface area contributed by atoms with Gasteiger partial charge < -0.3 is 9.13 Å². The summed E-state index contributed by atoms with van der Waals surface area (Å²) in [6.45, 7) is 2.29. The van der Waals surface area contributed by atoms with E-state index >= 15 is 0 Å². The summed E-state index contributed by atoms with van der Waals surface area (Å²) in [5.74, 6) is 0. The molecular formula is C54H46N2P+. The van der Waals surface area contributed by atoms with Crippen LogP contribution in [0.1, 0.15) is 38.2 Å². The molecule has 0 unspecified atom stereocenters. The maximum atomic E-state index is 2.54. The van der Waals surface area contributed by atoms with E-state index in [0.29, 0.717) is 0 Å². The van der Waals surface area contributed by atoms with Gasteiger partial charge in [0.05, 0.1) is 22.1 Å². The lowest BCUT2D eigenvalue weighted by Gasteiger charge is -2.28. The number of rotatable bonds is 11. The molecule has 0 saturated carbocycles. The van der Waals surface area contributed by atoms with Crippen molar-refractivity contribution in [3.8, 4) is 11.4 Å². The Morgan fingerprint density at radius 1 is 0.351 bits per heavy atom. The van der Waals surface area contributed by atoms with Gasteiger partial charge in [0, 0.05) is 32.9 Å². The van der Waals surface area contributed by atoms with Crippen molar-refractivity contribution in [2.75, 3.05) is 0 Å². The zero-order chi connectivity index (χ0) is 38.2. The van der Waals surface area contributed by atoms with E-state index in [1.165, 1.54) is 107 Å². The zero-order valence-corrected chi connectivity index (χ0v) is 33.3. The van der Waals surface area contributed by atoms with Gasteiger partial charge in [0.1, 0.15) is 28.5 Å². The van der Waals surface area contributed by atoms with Crippen LogP contribution in [0.2, 0.25) is 0 Å². The van der Waals surface area contributed by atoms with E-state index in [4.69, 9.17) is 0 Å².